The van der Waals surface area contributed by atoms with Crippen LogP contribution in [0.3, 0.4) is 0 Å². The zero-order valence-electron chi connectivity index (χ0n) is 18.7. The average molecular weight is 555 g/mol. The molecule has 2 amide bonds. The summed E-state index contributed by atoms with van der Waals surface area (Å²) in [5, 5.41) is 4.90. The van der Waals surface area contributed by atoms with Gasteiger partial charge in [-0.15, -0.1) is 0 Å². The lowest BCUT2D eigenvalue weighted by Gasteiger charge is -2.36. The van der Waals surface area contributed by atoms with Crippen molar-refractivity contribution in [2.45, 2.75) is 6.54 Å². The van der Waals surface area contributed by atoms with Crippen molar-refractivity contribution in [3.8, 4) is 0 Å². The molecular weight excluding hydrogens is 525 g/mol. The molecule has 0 spiro atoms. The first kappa shape index (κ1) is 23.4. The second-order valence-corrected chi connectivity index (χ2v) is 9.33. The van der Waals surface area contributed by atoms with E-state index in [-0.39, 0.29) is 6.03 Å². The van der Waals surface area contributed by atoms with Gasteiger partial charge in [-0.05, 0) is 64.6 Å². The molecule has 3 aromatic carbocycles. The Morgan fingerprint density at radius 3 is 2.15 bits per heavy atom. The van der Waals surface area contributed by atoms with Gasteiger partial charge in [0.25, 0.3) is 0 Å². The van der Waals surface area contributed by atoms with Crippen LogP contribution in [-0.2, 0) is 6.54 Å². The Morgan fingerprint density at radius 1 is 0.848 bits per heavy atom. The van der Waals surface area contributed by atoms with Crippen LogP contribution in [0.5, 0.6) is 0 Å². The van der Waals surface area contributed by atoms with Gasteiger partial charge < -0.3 is 10.2 Å². The van der Waals surface area contributed by atoms with E-state index in [1.807, 2.05) is 53.5 Å². The highest BCUT2D eigenvalue weighted by atomic mass is 127. The van der Waals surface area contributed by atoms with Crippen molar-refractivity contribution in [2.75, 3.05) is 49.2 Å². The fourth-order valence-electron chi connectivity index (χ4n) is 3.94. The number of urea groups is 1. The topological polar surface area (TPSA) is 50.9 Å². The molecule has 0 unspecified atom stereocenters. The monoisotopic (exact) mass is 555 g/mol. The third-order valence-electron chi connectivity index (χ3n) is 5.77. The molecule has 7 heteroatoms. The summed E-state index contributed by atoms with van der Waals surface area (Å²) >= 11 is 2.34. The number of piperazine rings is 1. The molecule has 1 aliphatic heterocycles. The third kappa shape index (κ3) is 7.10. The summed E-state index contributed by atoms with van der Waals surface area (Å²) in [4.78, 5) is 17.5. The molecule has 1 aliphatic rings. The van der Waals surface area contributed by atoms with Crippen molar-refractivity contribution in [2.24, 2.45) is 0 Å². The quantitative estimate of drug-likeness (QED) is 0.321. The summed E-state index contributed by atoms with van der Waals surface area (Å²) in [6.07, 6.45) is 0. The molecule has 0 aromatic heterocycles. The fraction of sp³-hybridized carbons (Fsp3) is 0.269. The van der Waals surface area contributed by atoms with Crippen molar-refractivity contribution in [3.63, 3.8) is 0 Å². The number of nitrogens with one attached hydrogen (secondary N) is 2. The summed E-state index contributed by atoms with van der Waals surface area (Å²) in [7, 11) is 0. The number of carbonyl (C=O) groups is 1. The average Bonchev–Trinajstić information content (AvgIpc) is 2.86. The van der Waals surface area contributed by atoms with Gasteiger partial charge in [-0.2, -0.15) is 0 Å². The van der Waals surface area contributed by atoms with E-state index < -0.39 is 0 Å². The largest absolute Gasteiger partial charge is 0.369 e. The zero-order valence-corrected chi connectivity index (χ0v) is 20.8. The molecule has 0 atom stereocenters. The summed E-state index contributed by atoms with van der Waals surface area (Å²) in [6, 6.07) is 28.6. The van der Waals surface area contributed by atoms with E-state index >= 15 is 0 Å². The van der Waals surface area contributed by atoms with E-state index in [1.54, 1.807) is 0 Å². The molecule has 0 radical (unpaired) electrons. The van der Waals surface area contributed by atoms with Gasteiger partial charge >= 0.3 is 6.03 Å². The second kappa shape index (κ2) is 11.9. The Bertz CT molecular complexity index is 992. The predicted molar refractivity (Wildman–Crippen MR) is 143 cm³/mol. The number of benzene rings is 3. The summed E-state index contributed by atoms with van der Waals surface area (Å²) in [5.74, 6) is 0. The number of hydrogen-bond acceptors (Lipinski definition) is 4. The maximum atomic E-state index is 12.6. The van der Waals surface area contributed by atoms with Crippen molar-refractivity contribution in [3.05, 3.63) is 94.1 Å². The van der Waals surface area contributed by atoms with Gasteiger partial charge in [0.1, 0.15) is 0 Å². The number of anilines is 2. The lowest BCUT2D eigenvalue weighted by Crippen LogP contribution is -2.51. The summed E-state index contributed by atoms with van der Waals surface area (Å²) in [6.45, 7) is 6.07. The number of nitrogens with zero attached hydrogens (tertiary/aromatic N) is 3. The molecule has 3 aromatic rings. The number of amides is 2. The number of para-hydroxylation sites is 1. The SMILES string of the molecule is O=C(NCCN1CCN(c2ccc(I)cc2)CC1)NN(Cc1ccccc1)c1ccccc1. The van der Waals surface area contributed by atoms with Gasteiger partial charge in [0.05, 0.1) is 12.2 Å². The van der Waals surface area contributed by atoms with Crippen LogP contribution < -0.4 is 20.7 Å². The molecule has 1 heterocycles. The highest BCUT2D eigenvalue weighted by Gasteiger charge is 2.17. The molecule has 0 aliphatic carbocycles. The third-order valence-corrected chi connectivity index (χ3v) is 6.48. The lowest BCUT2D eigenvalue weighted by molar-refractivity contribution is 0.231. The van der Waals surface area contributed by atoms with Crippen molar-refractivity contribution in [1.82, 2.24) is 15.6 Å². The maximum Gasteiger partial charge on any atom is 0.333 e. The van der Waals surface area contributed by atoms with Gasteiger partial charge in [0, 0.05) is 48.5 Å². The normalized spacial score (nSPS) is 14.0. The van der Waals surface area contributed by atoms with Gasteiger partial charge in [0.15, 0.2) is 0 Å². The van der Waals surface area contributed by atoms with Crippen LogP contribution in [0, 0.1) is 3.57 Å². The minimum atomic E-state index is -0.188. The van der Waals surface area contributed by atoms with Gasteiger partial charge in [-0.1, -0.05) is 48.5 Å². The van der Waals surface area contributed by atoms with E-state index in [0.29, 0.717) is 13.1 Å². The smallest absolute Gasteiger partial charge is 0.333 e. The summed E-state index contributed by atoms with van der Waals surface area (Å²) < 4.78 is 1.26. The van der Waals surface area contributed by atoms with Crippen molar-refractivity contribution in [1.29, 1.82) is 0 Å². The molecule has 0 saturated carbocycles. The first-order chi connectivity index (χ1) is 16.2. The van der Waals surface area contributed by atoms with Crippen LogP contribution in [0.25, 0.3) is 0 Å². The van der Waals surface area contributed by atoms with Crippen molar-refractivity contribution < 1.29 is 4.79 Å². The molecule has 172 valence electrons. The first-order valence-corrected chi connectivity index (χ1v) is 12.4. The molecule has 0 bridgehead atoms. The van der Waals surface area contributed by atoms with E-state index in [4.69, 9.17) is 0 Å². The van der Waals surface area contributed by atoms with Gasteiger partial charge in [-0.25, -0.2) is 10.2 Å². The zero-order chi connectivity index (χ0) is 22.9. The Morgan fingerprint density at radius 2 is 1.48 bits per heavy atom. The number of hydrogen-bond donors (Lipinski definition) is 2. The molecule has 4 rings (SSSR count). The predicted octanol–water partition coefficient (Wildman–Crippen LogP) is 4.33. The Kier molecular flexibility index (Phi) is 8.43. The molecule has 33 heavy (non-hydrogen) atoms. The highest BCUT2D eigenvalue weighted by Crippen LogP contribution is 2.18. The standard InChI is InChI=1S/C26H30IN5O/c27-23-11-13-24(14-12-23)31-19-17-30(18-20-31)16-15-28-26(33)29-32(25-9-5-2-6-10-25)21-22-7-3-1-4-8-22/h1-14H,15-21H2,(H2,28,29,33). The molecule has 6 nitrogen and oxygen atoms in total. The van der Waals surface area contributed by atoms with E-state index in [9.17, 15) is 4.79 Å². The van der Waals surface area contributed by atoms with Crippen LogP contribution in [-0.4, -0.2) is 50.2 Å². The molecule has 2 N–H and O–H groups in total. The number of hydrazine groups is 1. The van der Waals surface area contributed by atoms with E-state index in [2.05, 4.69) is 79.5 Å². The Labute approximate surface area is 209 Å². The van der Waals surface area contributed by atoms with Crippen LogP contribution in [0.2, 0.25) is 0 Å². The number of halogens is 1. The summed E-state index contributed by atoms with van der Waals surface area (Å²) in [5.41, 5.74) is 6.37. The van der Waals surface area contributed by atoms with Crippen LogP contribution in [0.4, 0.5) is 16.2 Å². The van der Waals surface area contributed by atoms with E-state index in [0.717, 1.165) is 44.0 Å². The van der Waals surface area contributed by atoms with Gasteiger partial charge in [-0.3, -0.25) is 9.91 Å². The van der Waals surface area contributed by atoms with Gasteiger partial charge in [0.2, 0.25) is 0 Å². The first-order valence-electron chi connectivity index (χ1n) is 11.3. The maximum absolute atomic E-state index is 12.6. The highest BCUT2D eigenvalue weighted by molar-refractivity contribution is 14.1. The van der Waals surface area contributed by atoms with Crippen LogP contribution >= 0.6 is 22.6 Å². The fourth-order valence-corrected chi connectivity index (χ4v) is 4.30. The lowest BCUT2D eigenvalue weighted by atomic mass is 10.2. The number of carbonyl (C=O) groups excluding carboxylic acids is 1. The molecule has 1 fully saturated rings. The Hall–Kier alpha value is -2.78. The van der Waals surface area contributed by atoms with Crippen LogP contribution in [0.15, 0.2) is 84.9 Å². The van der Waals surface area contributed by atoms with Crippen molar-refractivity contribution >= 4 is 40.0 Å². The molecular formula is C26H30IN5O. The van der Waals surface area contributed by atoms with Crippen LogP contribution in [0.1, 0.15) is 5.56 Å². The number of rotatable bonds is 8. The minimum Gasteiger partial charge on any atom is -0.369 e. The van der Waals surface area contributed by atoms with E-state index in [1.165, 1.54) is 9.26 Å². The second-order valence-electron chi connectivity index (χ2n) is 8.08. The minimum absolute atomic E-state index is 0.188. The molecule has 1 saturated heterocycles. The Balaban J connectivity index is 1.23.